The van der Waals surface area contributed by atoms with Crippen LogP contribution < -0.4 is 4.31 Å². The third-order valence-electron chi connectivity index (χ3n) is 2.50. The number of rotatable bonds is 4. The highest BCUT2D eigenvalue weighted by atomic mass is 32.2. The van der Waals surface area contributed by atoms with Gasteiger partial charge >= 0.3 is 0 Å². The SMILES string of the molecule is CCCCSN1C(=O)Cc2ccccc21. The van der Waals surface area contributed by atoms with Crippen LogP contribution in [0.1, 0.15) is 25.3 Å². The second kappa shape index (κ2) is 4.71. The number of carbonyl (C=O) groups is 1. The number of fused-ring (bicyclic) bond motifs is 1. The molecule has 1 aromatic rings. The Kier molecular flexibility index (Phi) is 3.31. The fourth-order valence-electron chi connectivity index (χ4n) is 1.67. The minimum atomic E-state index is 0.220. The summed E-state index contributed by atoms with van der Waals surface area (Å²) < 4.78 is 1.85. The quantitative estimate of drug-likeness (QED) is 0.575. The van der Waals surface area contributed by atoms with Crippen molar-refractivity contribution in [2.75, 3.05) is 10.1 Å². The molecular formula is C12H15NOS. The van der Waals surface area contributed by atoms with Crippen LogP contribution in [0, 0.1) is 0 Å². The molecule has 2 rings (SSSR count). The monoisotopic (exact) mass is 221 g/mol. The summed E-state index contributed by atoms with van der Waals surface area (Å²) in [7, 11) is 0. The molecule has 0 saturated carbocycles. The normalized spacial score (nSPS) is 14.5. The fraction of sp³-hybridized carbons (Fsp3) is 0.417. The van der Waals surface area contributed by atoms with Gasteiger partial charge in [0.2, 0.25) is 5.91 Å². The number of para-hydroxylation sites is 1. The summed E-state index contributed by atoms with van der Waals surface area (Å²) in [4.78, 5) is 11.7. The maximum atomic E-state index is 11.7. The van der Waals surface area contributed by atoms with Crippen LogP contribution in [-0.2, 0) is 11.2 Å². The summed E-state index contributed by atoms with van der Waals surface area (Å²) in [5.74, 6) is 1.24. The van der Waals surface area contributed by atoms with E-state index in [4.69, 9.17) is 0 Å². The zero-order valence-electron chi connectivity index (χ0n) is 8.90. The lowest BCUT2D eigenvalue weighted by molar-refractivity contribution is -0.116. The highest BCUT2D eigenvalue weighted by Gasteiger charge is 2.26. The first-order valence-electron chi connectivity index (χ1n) is 5.36. The van der Waals surface area contributed by atoms with Crippen molar-refractivity contribution in [2.24, 2.45) is 0 Å². The van der Waals surface area contributed by atoms with Gasteiger partial charge in [-0.05, 0) is 30.0 Å². The number of hydrogen-bond donors (Lipinski definition) is 0. The largest absolute Gasteiger partial charge is 0.273 e. The van der Waals surface area contributed by atoms with E-state index in [9.17, 15) is 4.79 Å². The van der Waals surface area contributed by atoms with Gasteiger partial charge in [-0.1, -0.05) is 31.5 Å². The van der Waals surface area contributed by atoms with Gasteiger partial charge in [-0.2, -0.15) is 0 Å². The molecule has 0 atom stereocenters. The number of amides is 1. The van der Waals surface area contributed by atoms with E-state index < -0.39 is 0 Å². The molecule has 3 heteroatoms. The molecule has 0 N–H and O–H groups in total. The zero-order chi connectivity index (χ0) is 10.7. The second-order valence-corrected chi connectivity index (χ2v) is 4.71. The predicted molar refractivity (Wildman–Crippen MR) is 65.0 cm³/mol. The molecule has 2 nitrogen and oxygen atoms in total. The van der Waals surface area contributed by atoms with Gasteiger partial charge in [0.05, 0.1) is 12.1 Å². The summed E-state index contributed by atoms with van der Waals surface area (Å²) >= 11 is 1.64. The molecule has 0 saturated heterocycles. The van der Waals surface area contributed by atoms with E-state index >= 15 is 0 Å². The number of nitrogens with zero attached hydrogens (tertiary/aromatic N) is 1. The lowest BCUT2D eigenvalue weighted by Crippen LogP contribution is -2.18. The molecule has 0 spiro atoms. The average molecular weight is 221 g/mol. The third kappa shape index (κ3) is 2.17. The first kappa shape index (κ1) is 10.6. The van der Waals surface area contributed by atoms with Crippen molar-refractivity contribution in [1.29, 1.82) is 0 Å². The Morgan fingerprint density at radius 2 is 2.20 bits per heavy atom. The van der Waals surface area contributed by atoms with Crippen molar-refractivity contribution in [3.63, 3.8) is 0 Å². The first-order chi connectivity index (χ1) is 7.33. The Morgan fingerprint density at radius 1 is 1.40 bits per heavy atom. The van der Waals surface area contributed by atoms with Crippen molar-refractivity contribution in [3.8, 4) is 0 Å². The number of hydrogen-bond acceptors (Lipinski definition) is 2. The standard InChI is InChI=1S/C12H15NOS/c1-2-3-8-15-13-11-7-5-4-6-10(11)9-12(13)14/h4-7H,2-3,8-9H2,1H3. The number of unbranched alkanes of at least 4 members (excludes halogenated alkanes) is 1. The lowest BCUT2D eigenvalue weighted by Gasteiger charge is -2.15. The van der Waals surface area contributed by atoms with Crippen LogP contribution in [0.25, 0.3) is 0 Å². The highest BCUT2D eigenvalue weighted by molar-refractivity contribution is 8.01. The predicted octanol–water partition coefficient (Wildman–Crippen LogP) is 3.02. The Balaban J connectivity index is 2.08. The van der Waals surface area contributed by atoms with Gasteiger partial charge in [-0.3, -0.25) is 9.10 Å². The lowest BCUT2D eigenvalue weighted by atomic mass is 10.2. The van der Waals surface area contributed by atoms with Gasteiger partial charge in [-0.15, -0.1) is 0 Å². The van der Waals surface area contributed by atoms with E-state index in [1.165, 1.54) is 6.42 Å². The van der Waals surface area contributed by atoms with Crippen molar-refractivity contribution in [2.45, 2.75) is 26.2 Å². The minimum absolute atomic E-state index is 0.220. The number of anilines is 1. The summed E-state index contributed by atoms with van der Waals surface area (Å²) in [5, 5.41) is 0. The number of carbonyl (C=O) groups excluding carboxylic acids is 1. The van der Waals surface area contributed by atoms with Gasteiger partial charge in [-0.25, -0.2) is 0 Å². The van der Waals surface area contributed by atoms with Crippen molar-refractivity contribution >= 4 is 23.5 Å². The van der Waals surface area contributed by atoms with Crippen LogP contribution in [0.3, 0.4) is 0 Å². The molecule has 15 heavy (non-hydrogen) atoms. The van der Waals surface area contributed by atoms with E-state index in [-0.39, 0.29) is 5.91 Å². The topological polar surface area (TPSA) is 20.3 Å². The molecule has 0 unspecified atom stereocenters. The molecule has 0 bridgehead atoms. The summed E-state index contributed by atoms with van der Waals surface area (Å²) in [6.45, 7) is 2.17. The van der Waals surface area contributed by atoms with Crippen molar-refractivity contribution < 1.29 is 4.79 Å². The molecule has 1 aliphatic rings. The van der Waals surface area contributed by atoms with E-state index in [1.807, 2.05) is 28.6 Å². The first-order valence-corrected chi connectivity index (χ1v) is 6.31. The molecule has 0 radical (unpaired) electrons. The Morgan fingerprint density at radius 3 is 3.00 bits per heavy atom. The minimum Gasteiger partial charge on any atom is -0.273 e. The smallest absolute Gasteiger partial charge is 0.241 e. The van der Waals surface area contributed by atoms with Crippen LogP contribution in [-0.4, -0.2) is 11.7 Å². The van der Waals surface area contributed by atoms with Gasteiger partial charge in [0.25, 0.3) is 0 Å². The average Bonchev–Trinajstić information content (AvgIpc) is 2.56. The van der Waals surface area contributed by atoms with Gasteiger partial charge in [0.1, 0.15) is 0 Å². The molecule has 1 aromatic carbocycles. The molecule has 0 aliphatic carbocycles. The van der Waals surface area contributed by atoms with Crippen LogP contribution in [0.4, 0.5) is 5.69 Å². The van der Waals surface area contributed by atoms with E-state index in [0.717, 1.165) is 23.4 Å². The van der Waals surface area contributed by atoms with Crippen molar-refractivity contribution in [3.05, 3.63) is 29.8 Å². The van der Waals surface area contributed by atoms with E-state index in [0.29, 0.717) is 6.42 Å². The van der Waals surface area contributed by atoms with Gasteiger partial charge in [0, 0.05) is 5.75 Å². The van der Waals surface area contributed by atoms with Crippen LogP contribution >= 0.6 is 11.9 Å². The Hall–Kier alpha value is -0.960. The van der Waals surface area contributed by atoms with Crippen LogP contribution in [0.15, 0.2) is 24.3 Å². The number of benzene rings is 1. The van der Waals surface area contributed by atoms with Gasteiger partial charge < -0.3 is 0 Å². The zero-order valence-corrected chi connectivity index (χ0v) is 9.72. The van der Waals surface area contributed by atoms with Gasteiger partial charge in [0.15, 0.2) is 0 Å². The maximum Gasteiger partial charge on any atom is 0.241 e. The molecule has 80 valence electrons. The molecule has 1 aliphatic heterocycles. The van der Waals surface area contributed by atoms with Crippen LogP contribution in [0.2, 0.25) is 0 Å². The molecular weight excluding hydrogens is 206 g/mol. The highest BCUT2D eigenvalue weighted by Crippen LogP contribution is 2.33. The van der Waals surface area contributed by atoms with E-state index in [2.05, 4.69) is 6.92 Å². The molecule has 1 heterocycles. The third-order valence-corrected chi connectivity index (χ3v) is 3.63. The fourth-order valence-corrected chi connectivity index (χ4v) is 2.80. The van der Waals surface area contributed by atoms with E-state index in [1.54, 1.807) is 11.9 Å². The second-order valence-electron chi connectivity index (χ2n) is 3.68. The van der Waals surface area contributed by atoms with Crippen molar-refractivity contribution in [1.82, 2.24) is 0 Å². The van der Waals surface area contributed by atoms with Crippen LogP contribution in [0.5, 0.6) is 0 Å². The molecule has 0 aromatic heterocycles. The molecule has 0 fully saturated rings. The molecule has 1 amide bonds. The Labute approximate surface area is 94.8 Å². The summed E-state index contributed by atoms with van der Waals surface area (Å²) in [5.41, 5.74) is 2.25. The maximum absolute atomic E-state index is 11.7. The Bertz CT molecular complexity index is 364. The summed E-state index contributed by atoms with van der Waals surface area (Å²) in [6.07, 6.45) is 2.91. The summed E-state index contributed by atoms with van der Waals surface area (Å²) in [6, 6.07) is 8.05.